The van der Waals surface area contributed by atoms with Crippen molar-refractivity contribution >= 4 is 17.7 Å². The van der Waals surface area contributed by atoms with E-state index in [1.807, 2.05) is 18.4 Å². The standard InChI is InChI=1S/C9H13N3O2S/c1-3-12-5-10-11-9(12)15-7-4-6(2)14-8(7)13/h5-7H,3-4H2,1-2H3/t6-,7-/m1/s1. The molecule has 2 atom stereocenters. The van der Waals surface area contributed by atoms with Crippen molar-refractivity contribution in [3.8, 4) is 0 Å². The molecule has 15 heavy (non-hydrogen) atoms. The zero-order valence-corrected chi connectivity index (χ0v) is 9.53. The number of esters is 1. The summed E-state index contributed by atoms with van der Waals surface area (Å²) in [6.07, 6.45) is 2.44. The summed E-state index contributed by atoms with van der Waals surface area (Å²) in [6.45, 7) is 4.73. The molecule has 0 spiro atoms. The molecule has 1 fully saturated rings. The van der Waals surface area contributed by atoms with E-state index in [0.717, 1.165) is 18.1 Å². The molecule has 1 aromatic heterocycles. The maximum atomic E-state index is 11.4. The fraction of sp³-hybridized carbons (Fsp3) is 0.667. The van der Waals surface area contributed by atoms with Crippen molar-refractivity contribution < 1.29 is 9.53 Å². The first-order valence-electron chi connectivity index (χ1n) is 4.95. The summed E-state index contributed by atoms with van der Waals surface area (Å²) in [4.78, 5) is 11.4. The van der Waals surface area contributed by atoms with Crippen LogP contribution in [-0.2, 0) is 16.1 Å². The Kier molecular flexibility index (Phi) is 2.95. The van der Waals surface area contributed by atoms with Crippen molar-refractivity contribution in [2.24, 2.45) is 0 Å². The summed E-state index contributed by atoms with van der Waals surface area (Å²) in [5.41, 5.74) is 0. The Bertz CT molecular complexity index is 366. The number of aryl methyl sites for hydroxylation is 1. The molecule has 82 valence electrons. The molecule has 0 radical (unpaired) electrons. The van der Waals surface area contributed by atoms with E-state index in [9.17, 15) is 4.79 Å². The highest BCUT2D eigenvalue weighted by Crippen LogP contribution is 2.30. The van der Waals surface area contributed by atoms with Crippen LogP contribution in [0.5, 0.6) is 0 Å². The monoisotopic (exact) mass is 227 g/mol. The van der Waals surface area contributed by atoms with E-state index in [4.69, 9.17) is 4.74 Å². The van der Waals surface area contributed by atoms with Gasteiger partial charge in [-0.05, 0) is 13.8 Å². The van der Waals surface area contributed by atoms with Gasteiger partial charge in [0.2, 0.25) is 0 Å². The van der Waals surface area contributed by atoms with Crippen LogP contribution in [0.1, 0.15) is 20.3 Å². The van der Waals surface area contributed by atoms with Crippen molar-refractivity contribution in [2.45, 2.75) is 43.3 Å². The Labute approximate surface area is 92.2 Å². The summed E-state index contributed by atoms with van der Waals surface area (Å²) in [6, 6.07) is 0. The predicted molar refractivity (Wildman–Crippen MR) is 55.5 cm³/mol. The molecule has 6 heteroatoms. The molecule has 0 aliphatic carbocycles. The Morgan fingerprint density at radius 3 is 3.13 bits per heavy atom. The van der Waals surface area contributed by atoms with Gasteiger partial charge in [-0.1, -0.05) is 11.8 Å². The molecule has 1 aliphatic heterocycles. The van der Waals surface area contributed by atoms with E-state index in [-0.39, 0.29) is 17.3 Å². The van der Waals surface area contributed by atoms with Gasteiger partial charge in [-0.15, -0.1) is 10.2 Å². The Morgan fingerprint density at radius 2 is 2.53 bits per heavy atom. The van der Waals surface area contributed by atoms with E-state index < -0.39 is 0 Å². The van der Waals surface area contributed by atoms with Crippen LogP contribution in [0.25, 0.3) is 0 Å². The summed E-state index contributed by atoms with van der Waals surface area (Å²) in [7, 11) is 0. The molecule has 0 amide bonds. The molecule has 1 saturated heterocycles. The van der Waals surface area contributed by atoms with Gasteiger partial charge >= 0.3 is 5.97 Å². The van der Waals surface area contributed by atoms with Crippen molar-refractivity contribution in [3.63, 3.8) is 0 Å². The Morgan fingerprint density at radius 1 is 1.73 bits per heavy atom. The summed E-state index contributed by atoms with van der Waals surface area (Å²) < 4.78 is 7.00. The van der Waals surface area contributed by atoms with Crippen LogP contribution in [0.4, 0.5) is 0 Å². The number of carbonyl (C=O) groups excluding carboxylic acids is 1. The number of ether oxygens (including phenoxy) is 1. The van der Waals surface area contributed by atoms with Gasteiger partial charge < -0.3 is 9.30 Å². The first-order valence-corrected chi connectivity index (χ1v) is 5.83. The van der Waals surface area contributed by atoms with Gasteiger partial charge in [-0.3, -0.25) is 4.79 Å². The van der Waals surface area contributed by atoms with Gasteiger partial charge in [0.15, 0.2) is 5.16 Å². The lowest BCUT2D eigenvalue weighted by Crippen LogP contribution is -2.11. The summed E-state index contributed by atoms with van der Waals surface area (Å²) in [5, 5.41) is 8.45. The fourth-order valence-corrected chi connectivity index (χ4v) is 2.68. The largest absolute Gasteiger partial charge is 0.462 e. The molecule has 1 aliphatic rings. The van der Waals surface area contributed by atoms with Crippen molar-refractivity contribution in [3.05, 3.63) is 6.33 Å². The van der Waals surface area contributed by atoms with E-state index in [1.165, 1.54) is 11.8 Å². The highest BCUT2D eigenvalue weighted by Gasteiger charge is 2.33. The van der Waals surface area contributed by atoms with Crippen LogP contribution < -0.4 is 0 Å². The molecule has 0 unspecified atom stereocenters. The Hall–Kier alpha value is -1.04. The number of aromatic nitrogens is 3. The summed E-state index contributed by atoms with van der Waals surface area (Å²) >= 11 is 1.44. The third kappa shape index (κ3) is 2.14. The second-order valence-corrected chi connectivity index (χ2v) is 4.66. The SMILES string of the molecule is CCn1cnnc1S[C@@H]1C[C@@H](C)OC1=O. The van der Waals surface area contributed by atoms with Crippen molar-refractivity contribution in [1.82, 2.24) is 14.8 Å². The average Bonchev–Trinajstić information content (AvgIpc) is 2.74. The second-order valence-electron chi connectivity index (χ2n) is 3.49. The van der Waals surface area contributed by atoms with Gasteiger partial charge in [-0.2, -0.15) is 0 Å². The van der Waals surface area contributed by atoms with Crippen molar-refractivity contribution in [1.29, 1.82) is 0 Å². The van der Waals surface area contributed by atoms with Crippen molar-refractivity contribution in [2.75, 3.05) is 0 Å². The fourth-order valence-electron chi connectivity index (χ4n) is 1.50. The lowest BCUT2D eigenvalue weighted by molar-refractivity contribution is -0.140. The summed E-state index contributed by atoms with van der Waals surface area (Å²) in [5.74, 6) is -0.141. The maximum Gasteiger partial charge on any atom is 0.319 e. The minimum Gasteiger partial charge on any atom is -0.462 e. The van der Waals surface area contributed by atoms with Gasteiger partial charge in [0.1, 0.15) is 17.7 Å². The zero-order chi connectivity index (χ0) is 10.8. The topological polar surface area (TPSA) is 57.0 Å². The smallest absolute Gasteiger partial charge is 0.319 e. The molecule has 0 aromatic carbocycles. The second kappa shape index (κ2) is 4.22. The number of cyclic esters (lactones) is 1. The van der Waals surface area contributed by atoms with Crippen LogP contribution in [-0.4, -0.2) is 32.1 Å². The highest BCUT2D eigenvalue weighted by atomic mass is 32.2. The van der Waals surface area contributed by atoms with Crippen LogP contribution >= 0.6 is 11.8 Å². The van der Waals surface area contributed by atoms with Crippen LogP contribution in [0, 0.1) is 0 Å². The molecule has 0 N–H and O–H groups in total. The van der Waals surface area contributed by atoms with Gasteiger partial charge in [-0.25, -0.2) is 0 Å². The van der Waals surface area contributed by atoms with E-state index in [1.54, 1.807) is 6.33 Å². The minimum atomic E-state index is -0.141. The molecule has 5 nitrogen and oxygen atoms in total. The normalized spacial score (nSPS) is 25.6. The van der Waals surface area contributed by atoms with Crippen LogP contribution in [0.3, 0.4) is 0 Å². The highest BCUT2D eigenvalue weighted by molar-refractivity contribution is 8.00. The van der Waals surface area contributed by atoms with Crippen LogP contribution in [0.15, 0.2) is 11.5 Å². The number of hydrogen-bond acceptors (Lipinski definition) is 5. The van der Waals surface area contributed by atoms with E-state index >= 15 is 0 Å². The molecular formula is C9H13N3O2S. The van der Waals surface area contributed by atoms with E-state index in [0.29, 0.717) is 0 Å². The van der Waals surface area contributed by atoms with Gasteiger partial charge in [0.05, 0.1) is 0 Å². The number of thioether (sulfide) groups is 1. The molecule has 0 saturated carbocycles. The molecule has 0 bridgehead atoms. The lowest BCUT2D eigenvalue weighted by Gasteiger charge is -2.05. The average molecular weight is 227 g/mol. The quantitative estimate of drug-likeness (QED) is 0.724. The Balaban J connectivity index is 2.06. The molecule has 2 rings (SSSR count). The van der Waals surface area contributed by atoms with E-state index in [2.05, 4.69) is 10.2 Å². The zero-order valence-electron chi connectivity index (χ0n) is 8.71. The van der Waals surface area contributed by atoms with Gasteiger partial charge in [0, 0.05) is 13.0 Å². The number of rotatable bonds is 3. The minimum absolute atomic E-state index is 0.0213. The van der Waals surface area contributed by atoms with Crippen LogP contribution in [0.2, 0.25) is 0 Å². The third-order valence-electron chi connectivity index (χ3n) is 2.29. The molecule has 1 aromatic rings. The van der Waals surface area contributed by atoms with Gasteiger partial charge in [0.25, 0.3) is 0 Å². The maximum absolute atomic E-state index is 11.4. The first-order chi connectivity index (χ1) is 7.20. The number of hydrogen-bond donors (Lipinski definition) is 0. The molecule has 2 heterocycles. The first kappa shape index (κ1) is 10.5. The third-order valence-corrected chi connectivity index (χ3v) is 3.49. The molecular weight excluding hydrogens is 214 g/mol. The number of nitrogens with zero attached hydrogens (tertiary/aromatic N) is 3. The lowest BCUT2D eigenvalue weighted by atomic mass is 10.3. The predicted octanol–water partition coefficient (Wildman–Crippen LogP) is 1.09. The number of carbonyl (C=O) groups is 1.